The number of methoxy groups -OCH3 is 1. The molecule has 2 aromatic carbocycles. The summed E-state index contributed by atoms with van der Waals surface area (Å²) in [7, 11) is 1.25. The first-order chi connectivity index (χ1) is 11.7. The van der Waals surface area contributed by atoms with E-state index >= 15 is 0 Å². The number of rotatable bonds is 4. The molecular weight excluding hydrogens is 347 g/mol. The van der Waals surface area contributed by atoms with Crippen molar-refractivity contribution in [3.63, 3.8) is 0 Å². The van der Waals surface area contributed by atoms with Gasteiger partial charge in [0.25, 0.3) is 5.91 Å². The number of carbonyl (C=O) groups excluding carboxylic acids is 2. The Hall–Kier alpha value is -2.60. The van der Waals surface area contributed by atoms with Crippen LogP contribution in [0.2, 0.25) is 5.02 Å². The molecule has 2 rings (SSSR count). The van der Waals surface area contributed by atoms with Crippen molar-refractivity contribution in [2.45, 2.75) is 19.4 Å². The van der Waals surface area contributed by atoms with Crippen LogP contribution >= 0.6 is 11.6 Å². The zero-order valence-electron chi connectivity index (χ0n) is 14.0. The number of amides is 2. The fourth-order valence-corrected chi connectivity index (χ4v) is 2.73. The molecule has 0 aliphatic rings. The summed E-state index contributed by atoms with van der Waals surface area (Å²) in [5.41, 5.74) is 0.540. The van der Waals surface area contributed by atoms with Gasteiger partial charge in [-0.1, -0.05) is 23.7 Å². The van der Waals surface area contributed by atoms with E-state index in [1.165, 1.54) is 31.4 Å². The second-order valence-electron chi connectivity index (χ2n) is 5.90. The Morgan fingerprint density at radius 1 is 1.16 bits per heavy atom. The molecule has 2 aromatic rings. The van der Waals surface area contributed by atoms with Gasteiger partial charge in [0.2, 0.25) is 0 Å². The topological polar surface area (TPSA) is 67.4 Å². The van der Waals surface area contributed by atoms with Gasteiger partial charge in [0.1, 0.15) is 5.82 Å². The summed E-state index contributed by atoms with van der Waals surface area (Å²) in [6.07, 6.45) is -0.629. The van der Waals surface area contributed by atoms with Gasteiger partial charge in [-0.15, -0.1) is 0 Å². The normalized spacial score (nSPS) is 10.9. The van der Waals surface area contributed by atoms with Gasteiger partial charge in [0, 0.05) is 16.3 Å². The fourth-order valence-electron chi connectivity index (χ4n) is 2.33. The summed E-state index contributed by atoms with van der Waals surface area (Å²) in [6, 6.07) is 10.4. The number of benzene rings is 2. The van der Waals surface area contributed by atoms with Gasteiger partial charge >= 0.3 is 6.09 Å². The van der Waals surface area contributed by atoms with Crippen molar-refractivity contribution >= 4 is 29.3 Å². The lowest BCUT2D eigenvalue weighted by Crippen LogP contribution is -2.41. The number of carbonyl (C=O) groups is 2. The van der Waals surface area contributed by atoms with E-state index in [9.17, 15) is 14.0 Å². The molecule has 0 saturated heterocycles. The molecule has 2 N–H and O–H groups in total. The molecule has 132 valence electrons. The van der Waals surface area contributed by atoms with Crippen LogP contribution in [0.5, 0.6) is 0 Å². The van der Waals surface area contributed by atoms with Gasteiger partial charge < -0.3 is 10.1 Å². The molecule has 0 atom stereocenters. The predicted molar refractivity (Wildman–Crippen MR) is 94.4 cm³/mol. The molecule has 0 heterocycles. The van der Waals surface area contributed by atoms with Crippen LogP contribution in [0.25, 0.3) is 0 Å². The first-order valence-corrected chi connectivity index (χ1v) is 7.84. The van der Waals surface area contributed by atoms with Crippen molar-refractivity contribution in [2.75, 3.05) is 12.4 Å². The third-order valence-corrected chi connectivity index (χ3v) is 3.90. The number of nitrogens with one attached hydrogen (secondary N) is 2. The Labute approximate surface area is 150 Å². The van der Waals surface area contributed by atoms with E-state index in [1.807, 2.05) is 0 Å². The Morgan fingerprint density at radius 2 is 1.88 bits per heavy atom. The lowest BCUT2D eigenvalue weighted by atomic mass is 9.93. The number of hydrogen-bond acceptors (Lipinski definition) is 3. The van der Waals surface area contributed by atoms with E-state index in [0.29, 0.717) is 16.8 Å². The Morgan fingerprint density at radius 3 is 2.52 bits per heavy atom. The van der Waals surface area contributed by atoms with Crippen molar-refractivity contribution in [2.24, 2.45) is 0 Å². The van der Waals surface area contributed by atoms with Gasteiger partial charge in [0.05, 0.1) is 12.6 Å². The Kier molecular flexibility index (Phi) is 5.64. The van der Waals surface area contributed by atoms with Gasteiger partial charge in [-0.25, -0.2) is 9.18 Å². The van der Waals surface area contributed by atoms with E-state index in [-0.39, 0.29) is 10.9 Å². The lowest BCUT2D eigenvalue weighted by molar-refractivity contribution is 0.0912. The molecule has 0 bridgehead atoms. The van der Waals surface area contributed by atoms with Crippen LogP contribution in [0, 0.1) is 5.82 Å². The zero-order chi connectivity index (χ0) is 18.6. The SMILES string of the molecule is COC(=O)Nc1cccc(C(=O)NC(C)(C)c2ccc(F)cc2Cl)c1. The molecule has 0 radical (unpaired) electrons. The predicted octanol–water partition coefficient (Wildman–Crippen LogP) is 4.32. The summed E-state index contributed by atoms with van der Waals surface area (Å²) in [5.74, 6) is -0.809. The van der Waals surface area contributed by atoms with E-state index in [4.69, 9.17) is 11.6 Å². The summed E-state index contributed by atoms with van der Waals surface area (Å²) >= 11 is 6.09. The van der Waals surface area contributed by atoms with Gasteiger partial charge in [0.15, 0.2) is 0 Å². The van der Waals surface area contributed by atoms with Gasteiger partial charge in [-0.3, -0.25) is 10.1 Å². The van der Waals surface area contributed by atoms with Gasteiger partial charge in [-0.2, -0.15) is 0 Å². The molecule has 25 heavy (non-hydrogen) atoms. The zero-order valence-corrected chi connectivity index (χ0v) is 14.8. The average Bonchev–Trinajstić information content (AvgIpc) is 2.54. The van der Waals surface area contributed by atoms with Crippen LogP contribution in [-0.4, -0.2) is 19.1 Å². The van der Waals surface area contributed by atoms with E-state index in [1.54, 1.807) is 32.0 Å². The molecule has 0 saturated carbocycles. The second kappa shape index (κ2) is 7.53. The van der Waals surface area contributed by atoms with Crippen LogP contribution in [0.15, 0.2) is 42.5 Å². The quantitative estimate of drug-likeness (QED) is 0.848. The summed E-state index contributed by atoms with van der Waals surface area (Å²) < 4.78 is 17.7. The van der Waals surface area contributed by atoms with Crippen molar-refractivity contribution in [3.8, 4) is 0 Å². The summed E-state index contributed by atoms with van der Waals surface area (Å²) in [6.45, 7) is 3.53. The van der Waals surface area contributed by atoms with Crippen molar-refractivity contribution in [1.82, 2.24) is 5.32 Å². The molecule has 0 aliphatic heterocycles. The minimum atomic E-state index is -0.826. The van der Waals surface area contributed by atoms with Crippen molar-refractivity contribution < 1.29 is 18.7 Å². The highest BCUT2D eigenvalue weighted by Gasteiger charge is 2.26. The first kappa shape index (κ1) is 18.7. The Bertz CT molecular complexity index is 809. The molecule has 5 nitrogen and oxygen atoms in total. The molecule has 0 spiro atoms. The maximum absolute atomic E-state index is 13.2. The highest BCUT2D eigenvalue weighted by atomic mass is 35.5. The molecule has 0 aliphatic carbocycles. The van der Waals surface area contributed by atoms with E-state index in [0.717, 1.165) is 0 Å². The van der Waals surface area contributed by atoms with Crippen molar-refractivity contribution in [3.05, 3.63) is 64.4 Å². The van der Waals surface area contributed by atoms with Crippen molar-refractivity contribution in [1.29, 1.82) is 0 Å². The largest absolute Gasteiger partial charge is 0.453 e. The number of halogens is 2. The highest BCUT2D eigenvalue weighted by molar-refractivity contribution is 6.31. The standard InChI is InChI=1S/C18H18ClFN2O3/c1-18(2,14-8-7-12(20)10-15(14)19)22-16(23)11-5-4-6-13(9-11)21-17(24)25-3/h4-10H,1-3H3,(H,21,24)(H,22,23). The summed E-state index contributed by atoms with van der Waals surface area (Å²) in [5, 5.41) is 5.57. The molecule has 0 fully saturated rings. The third-order valence-electron chi connectivity index (χ3n) is 3.59. The smallest absolute Gasteiger partial charge is 0.411 e. The number of anilines is 1. The van der Waals surface area contributed by atoms with Crippen LogP contribution < -0.4 is 10.6 Å². The van der Waals surface area contributed by atoms with E-state index in [2.05, 4.69) is 15.4 Å². The third kappa shape index (κ3) is 4.70. The lowest BCUT2D eigenvalue weighted by Gasteiger charge is -2.28. The minimum Gasteiger partial charge on any atom is -0.453 e. The maximum atomic E-state index is 13.2. The molecule has 7 heteroatoms. The molecule has 0 aromatic heterocycles. The average molecular weight is 365 g/mol. The Balaban J connectivity index is 2.20. The van der Waals surface area contributed by atoms with Crippen LogP contribution in [0.1, 0.15) is 29.8 Å². The van der Waals surface area contributed by atoms with Crippen LogP contribution in [0.3, 0.4) is 0 Å². The molecule has 0 unspecified atom stereocenters. The van der Waals surface area contributed by atoms with Crippen LogP contribution in [0.4, 0.5) is 14.9 Å². The number of hydrogen-bond donors (Lipinski definition) is 2. The highest BCUT2D eigenvalue weighted by Crippen LogP contribution is 2.28. The van der Waals surface area contributed by atoms with Gasteiger partial charge in [-0.05, 0) is 49.7 Å². The molecular formula is C18H18ClFN2O3. The minimum absolute atomic E-state index is 0.228. The second-order valence-corrected chi connectivity index (χ2v) is 6.31. The van der Waals surface area contributed by atoms with E-state index < -0.39 is 17.4 Å². The number of ether oxygens (including phenoxy) is 1. The first-order valence-electron chi connectivity index (χ1n) is 7.46. The summed E-state index contributed by atoms with van der Waals surface area (Å²) in [4.78, 5) is 23.8. The molecule has 2 amide bonds. The maximum Gasteiger partial charge on any atom is 0.411 e. The monoisotopic (exact) mass is 364 g/mol. The fraction of sp³-hybridized carbons (Fsp3) is 0.222. The van der Waals surface area contributed by atoms with Crippen LogP contribution in [-0.2, 0) is 10.3 Å².